The Hall–Kier alpha value is -2.18. The molecule has 0 saturated carbocycles. The second-order valence-electron chi connectivity index (χ2n) is 5.94. The number of anilines is 1. The van der Waals surface area contributed by atoms with Crippen LogP contribution in [0.15, 0.2) is 64.3 Å². The Kier molecular flexibility index (Phi) is 5.20. The van der Waals surface area contributed by atoms with Crippen LogP contribution < -0.4 is 16.0 Å². The lowest BCUT2D eigenvalue weighted by atomic mass is 9.95. The lowest BCUT2D eigenvalue weighted by Gasteiger charge is -2.30. The first kappa shape index (κ1) is 17.6. The van der Waals surface area contributed by atoms with Gasteiger partial charge in [-0.15, -0.1) is 0 Å². The smallest absolute Gasteiger partial charge is 0.255 e. The highest BCUT2D eigenvalue weighted by Gasteiger charge is 2.29. The minimum atomic E-state index is -0.299. The summed E-state index contributed by atoms with van der Waals surface area (Å²) in [6.07, 6.45) is 0. The number of halogens is 1. The van der Waals surface area contributed by atoms with Crippen molar-refractivity contribution in [2.24, 2.45) is 0 Å². The number of benzene rings is 2. The van der Waals surface area contributed by atoms with Crippen LogP contribution in [0.5, 0.6) is 0 Å². The maximum absolute atomic E-state index is 12.9. The average molecular weight is 416 g/mol. The molecule has 0 bridgehead atoms. The molecule has 3 N–H and O–H groups in total. The normalized spacial score (nSPS) is 16.9. The number of hydrogen-bond acceptors (Lipinski definition) is 2. The molecular formula is C19H18BrN3OS. The standard InChI is InChI=1S/C19H18BrN3OS/c1-11-3-9-15(10-4-11)22-18(24)16-12(2)21-19(25)23-17(16)13-5-7-14(20)8-6-13/h3-10,17H,1-2H3,(H,22,24)(H2,21,23,25)/t17-/m1/s1. The molecule has 0 radical (unpaired) electrons. The number of nitrogens with one attached hydrogen (secondary N) is 3. The predicted octanol–water partition coefficient (Wildman–Crippen LogP) is 4.19. The number of amides is 1. The average Bonchev–Trinajstić information content (AvgIpc) is 2.57. The SMILES string of the molecule is CC1=C(C(=O)Nc2ccc(C)cc2)[C@@H](c2ccc(Br)cc2)NC(=S)N1. The number of allylic oxidation sites excluding steroid dienone is 1. The monoisotopic (exact) mass is 415 g/mol. The van der Waals surface area contributed by atoms with Gasteiger partial charge in [-0.25, -0.2) is 0 Å². The Labute approximate surface area is 160 Å². The topological polar surface area (TPSA) is 53.2 Å². The first-order chi connectivity index (χ1) is 11.9. The number of carbonyl (C=O) groups excluding carboxylic acids is 1. The number of carbonyl (C=O) groups is 1. The van der Waals surface area contributed by atoms with Crippen LogP contribution in [0, 0.1) is 6.92 Å². The quantitative estimate of drug-likeness (QED) is 0.657. The van der Waals surface area contributed by atoms with Crippen LogP contribution >= 0.6 is 28.1 Å². The van der Waals surface area contributed by atoms with E-state index in [1.54, 1.807) is 0 Å². The van der Waals surface area contributed by atoms with E-state index in [0.717, 1.165) is 27.0 Å². The third-order valence-electron chi connectivity index (χ3n) is 4.03. The first-order valence-electron chi connectivity index (χ1n) is 7.86. The molecule has 0 unspecified atom stereocenters. The van der Waals surface area contributed by atoms with Gasteiger partial charge in [-0.1, -0.05) is 45.8 Å². The molecule has 1 amide bonds. The summed E-state index contributed by atoms with van der Waals surface area (Å²) in [6.45, 7) is 3.88. The third-order valence-corrected chi connectivity index (χ3v) is 4.78. The maximum atomic E-state index is 12.9. The highest BCUT2D eigenvalue weighted by atomic mass is 79.9. The molecule has 128 valence electrons. The number of aryl methyl sites for hydroxylation is 1. The van der Waals surface area contributed by atoms with Crippen LogP contribution in [-0.2, 0) is 4.79 Å². The minimum absolute atomic E-state index is 0.156. The van der Waals surface area contributed by atoms with Crippen molar-refractivity contribution >= 4 is 44.9 Å². The molecule has 6 heteroatoms. The van der Waals surface area contributed by atoms with Crippen LogP contribution in [-0.4, -0.2) is 11.0 Å². The molecule has 25 heavy (non-hydrogen) atoms. The molecule has 1 aliphatic heterocycles. The fourth-order valence-corrected chi connectivity index (χ4v) is 3.27. The van der Waals surface area contributed by atoms with E-state index in [1.807, 2.05) is 62.4 Å². The number of hydrogen-bond donors (Lipinski definition) is 3. The van der Waals surface area contributed by atoms with Gasteiger partial charge in [-0.05, 0) is 55.9 Å². The lowest BCUT2D eigenvalue weighted by molar-refractivity contribution is -0.113. The van der Waals surface area contributed by atoms with Gasteiger partial charge < -0.3 is 16.0 Å². The fraction of sp³-hybridized carbons (Fsp3) is 0.158. The van der Waals surface area contributed by atoms with Crippen LogP contribution in [0.2, 0.25) is 0 Å². The number of thiocarbonyl (C=S) groups is 1. The third kappa shape index (κ3) is 4.08. The molecule has 0 fully saturated rings. The molecule has 1 heterocycles. The molecule has 2 aromatic rings. The van der Waals surface area contributed by atoms with Gasteiger partial charge in [0, 0.05) is 15.9 Å². The zero-order valence-corrected chi connectivity index (χ0v) is 16.3. The summed E-state index contributed by atoms with van der Waals surface area (Å²) >= 11 is 8.71. The van der Waals surface area contributed by atoms with E-state index in [-0.39, 0.29) is 11.9 Å². The molecule has 2 aromatic carbocycles. The van der Waals surface area contributed by atoms with E-state index in [9.17, 15) is 4.79 Å². The molecule has 0 saturated heterocycles. The van der Waals surface area contributed by atoms with Gasteiger partial charge in [0.05, 0.1) is 11.6 Å². The molecule has 1 aliphatic rings. The zero-order chi connectivity index (χ0) is 18.0. The summed E-state index contributed by atoms with van der Waals surface area (Å²) in [4.78, 5) is 12.9. The van der Waals surface area contributed by atoms with Crippen molar-refractivity contribution in [2.45, 2.75) is 19.9 Å². The molecule has 4 nitrogen and oxygen atoms in total. The van der Waals surface area contributed by atoms with Gasteiger partial charge in [0.1, 0.15) is 0 Å². The van der Waals surface area contributed by atoms with Crippen LogP contribution in [0.25, 0.3) is 0 Å². The Morgan fingerprint density at radius 3 is 2.36 bits per heavy atom. The van der Waals surface area contributed by atoms with Crippen LogP contribution in [0.4, 0.5) is 5.69 Å². The van der Waals surface area contributed by atoms with Crippen molar-refractivity contribution in [3.05, 3.63) is 75.4 Å². The van der Waals surface area contributed by atoms with Crippen molar-refractivity contribution in [2.75, 3.05) is 5.32 Å². The van der Waals surface area contributed by atoms with Gasteiger partial charge in [0.25, 0.3) is 5.91 Å². The van der Waals surface area contributed by atoms with E-state index in [1.165, 1.54) is 0 Å². The summed E-state index contributed by atoms with van der Waals surface area (Å²) in [5.74, 6) is -0.156. The van der Waals surface area contributed by atoms with Crippen molar-refractivity contribution in [1.29, 1.82) is 0 Å². The maximum Gasteiger partial charge on any atom is 0.255 e. The van der Waals surface area contributed by atoms with Crippen LogP contribution in [0.1, 0.15) is 24.1 Å². The van der Waals surface area contributed by atoms with E-state index in [2.05, 4.69) is 31.9 Å². The second-order valence-corrected chi connectivity index (χ2v) is 7.27. The minimum Gasteiger partial charge on any atom is -0.351 e. The Bertz CT molecular complexity index is 844. The zero-order valence-electron chi connectivity index (χ0n) is 13.9. The van der Waals surface area contributed by atoms with Crippen molar-refractivity contribution in [3.8, 4) is 0 Å². The fourth-order valence-electron chi connectivity index (χ4n) is 2.74. The largest absolute Gasteiger partial charge is 0.351 e. The van der Waals surface area contributed by atoms with Gasteiger partial charge in [-0.2, -0.15) is 0 Å². The Morgan fingerprint density at radius 1 is 1.08 bits per heavy atom. The molecule has 0 aromatic heterocycles. The summed E-state index contributed by atoms with van der Waals surface area (Å²) < 4.78 is 0.985. The van der Waals surface area contributed by atoms with Gasteiger partial charge >= 0.3 is 0 Å². The van der Waals surface area contributed by atoms with Crippen molar-refractivity contribution in [3.63, 3.8) is 0 Å². The predicted molar refractivity (Wildman–Crippen MR) is 108 cm³/mol. The molecular weight excluding hydrogens is 398 g/mol. The Morgan fingerprint density at radius 2 is 1.72 bits per heavy atom. The summed E-state index contributed by atoms with van der Waals surface area (Å²) in [5, 5.41) is 9.72. The molecule has 0 aliphatic carbocycles. The summed E-state index contributed by atoms with van der Waals surface area (Å²) in [5.41, 5.74) is 4.25. The summed E-state index contributed by atoms with van der Waals surface area (Å²) in [6, 6.07) is 15.3. The highest BCUT2D eigenvalue weighted by Crippen LogP contribution is 2.28. The van der Waals surface area contributed by atoms with E-state index < -0.39 is 0 Å². The highest BCUT2D eigenvalue weighted by molar-refractivity contribution is 9.10. The van der Waals surface area contributed by atoms with Gasteiger partial charge in [-0.3, -0.25) is 4.79 Å². The van der Waals surface area contributed by atoms with E-state index in [0.29, 0.717) is 10.7 Å². The van der Waals surface area contributed by atoms with Crippen molar-refractivity contribution in [1.82, 2.24) is 10.6 Å². The lowest BCUT2D eigenvalue weighted by Crippen LogP contribution is -2.45. The molecule has 1 atom stereocenters. The van der Waals surface area contributed by atoms with E-state index >= 15 is 0 Å². The van der Waals surface area contributed by atoms with Gasteiger partial charge in [0.15, 0.2) is 5.11 Å². The summed E-state index contributed by atoms with van der Waals surface area (Å²) in [7, 11) is 0. The van der Waals surface area contributed by atoms with E-state index in [4.69, 9.17) is 12.2 Å². The second kappa shape index (κ2) is 7.37. The van der Waals surface area contributed by atoms with Crippen molar-refractivity contribution < 1.29 is 4.79 Å². The van der Waals surface area contributed by atoms with Gasteiger partial charge in [0.2, 0.25) is 0 Å². The molecule has 3 rings (SSSR count). The molecule has 0 spiro atoms. The number of rotatable bonds is 3. The Balaban J connectivity index is 1.92. The first-order valence-corrected chi connectivity index (χ1v) is 9.06. The van der Waals surface area contributed by atoms with Crippen LogP contribution in [0.3, 0.4) is 0 Å².